The van der Waals surface area contributed by atoms with E-state index < -0.39 is 18.0 Å². The van der Waals surface area contributed by atoms with Crippen LogP contribution in [0.5, 0.6) is 17.2 Å². The lowest BCUT2D eigenvalue weighted by Crippen LogP contribution is -2.29. The molecule has 1 aromatic carbocycles. The summed E-state index contributed by atoms with van der Waals surface area (Å²) in [6.07, 6.45) is 3.14. The first-order valence-electron chi connectivity index (χ1n) is 8.75. The molecular formula is C20H19ClN2O6. The summed E-state index contributed by atoms with van der Waals surface area (Å²) in [6.45, 7) is 2.33. The number of nitrogens with one attached hydrogen (secondary N) is 1. The van der Waals surface area contributed by atoms with Crippen molar-refractivity contribution in [3.05, 3.63) is 47.1 Å². The monoisotopic (exact) mass is 418 g/mol. The molecule has 8 nitrogen and oxygen atoms in total. The highest BCUT2D eigenvalue weighted by atomic mass is 35.5. The van der Waals surface area contributed by atoms with Gasteiger partial charge in [0.1, 0.15) is 19.0 Å². The largest absolute Gasteiger partial charge is 0.493 e. The fourth-order valence-corrected chi connectivity index (χ4v) is 2.61. The van der Waals surface area contributed by atoms with Crippen LogP contribution in [0.2, 0.25) is 5.02 Å². The Kier molecular flexibility index (Phi) is 6.56. The highest BCUT2D eigenvalue weighted by Gasteiger charge is 2.19. The van der Waals surface area contributed by atoms with Crippen molar-refractivity contribution in [2.24, 2.45) is 0 Å². The SMILES string of the molecule is COc1cc(/C=C/C(=O)O[C@@H](C)C(=O)Nc2ccc(Cl)cn2)cc2c1OCCO2. The van der Waals surface area contributed by atoms with Crippen molar-refractivity contribution in [2.45, 2.75) is 13.0 Å². The maximum absolute atomic E-state index is 12.1. The average molecular weight is 419 g/mol. The maximum atomic E-state index is 12.1. The molecule has 0 fully saturated rings. The molecule has 0 spiro atoms. The number of halogens is 1. The van der Waals surface area contributed by atoms with Crippen LogP contribution in [-0.2, 0) is 14.3 Å². The van der Waals surface area contributed by atoms with E-state index in [4.69, 9.17) is 30.5 Å². The second-order valence-electron chi connectivity index (χ2n) is 6.01. The molecule has 2 aromatic rings. The minimum Gasteiger partial charge on any atom is -0.493 e. The van der Waals surface area contributed by atoms with Gasteiger partial charge < -0.3 is 24.3 Å². The molecule has 0 saturated carbocycles. The molecular weight excluding hydrogens is 400 g/mol. The number of fused-ring (bicyclic) bond motifs is 1. The first-order valence-corrected chi connectivity index (χ1v) is 9.13. The maximum Gasteiger partial charge on any atom is 0.331 e. The fraction of sp³-hybridized carbons (Fsp3) is 0.250. The summed E-state index contributed by atoms with van der Waals surface area (Å²) in [7, 11) is 1.52. The molecule has 9 heteroatoms. The fourth-order valence-electron chi connectivity index (χ4n) is 2.50. The number of amides is 1. The topological polar surface area (TPSA) is 96.0 Å². The zero-order chi connectivity index (χ0) is 20.8. The number of rotatable bonds is 6. The number of ether oxygens (including phenoxy) is 4. The number of methoxy groups -OCH3 is 1. The predicted molar refractivity (Wildman–Crippen MR) is 106 cm³/mol. The summed E-state index contributed by atoms with van der Waals surface area (Å²) >= 11 is 5.75. The van der Waals surface area contributed by atoms with Gasteiger partial charge in [-0.1, -0.05) is 11.6 Å². The highest BCUT2D eigenvalue weighted by molar-refractivity contribution is 6.30. The average Bonchev–Trinajstić information content (AvgIpc) is 2.73. The van der Waals surface area contributed by atoms with Crippen molar-refractivity contribution >= 4 is 35.4 Å². The summed E-state index contributed by atoms with van der Waals surface area (Å²) in [4.78, 5) is 28.1. The van der Waals surface area contributed by atoms with Gasteiger partial charge in [0.25, 0.3) is 5.91 Å². The van der Waals surface area contributed by atoms with Gasteiger partial charge in [-0.25, -0.2) is 9.78 Å². The van der Waals surface area contributed by atoms with Crippen molar-refractivity contribution in [3.8, 4) is 17.2 Å². The Morgan fingerprint density at radius 2 is 2.07 bits per heavy atom. The van der Waals surface area contributed by atoms with Crippen molar-refractivity contribution < 1.29 is 28.5 Å². The zero-order valence-corrected chi connectivity index (χ0v) is 16.6. The number of aromatic nitrogens is 1. The normalized spacial score (nSPS) is 13.6. The van der Waals surface area contributed by atoms with Gasteiger partial charge in [-0.15, -0.1) is 0 Å². The number of esters is 1. The Bertz CT molecular complexity index is 912. The molecule has 0 aliphatic carbocycles. The second kappa shape index (κ2) is 9.29. The van der Waals surface area contributed by atoms with Crippen molar-refractivity contribution in [2.75, 3.05) is 25.6 Å². The van der Waals surface area contributed by atoms with Crippen LogP contribution in [0, 0.1) is 0 Å². The number of carbonyl (C=O) groups is 2. The predicted octanol–water partition coefficient (Wildman–Crippen LogP) is 3.10. The summed E-state index contributed by atoms with van der Waals surface area (Å²) < 4.78 is 21.5. The van der Waals surface area contributed by atoms with Crippen molar-refractivity contribution in [1.82, 2.24) is 4.98 Å². The van der Waals surface area contributed by atoms with Crippen molar-refractivity contribution in [1.29, 1.82) is 0 Å². The van der Waals surface area contributed by atoms with E-state index in [1.165, 1.54) is 32.4 Å². The van der Waals surface area contributed by atoms with Gasteiger partial charge in [-0.2, -0.15) is 0 Å². The number of benzene rings is 1. The van der Waals surface area contributed by atoms with Gasteiger partial charge >= 0.3 is 5.97 Å². The Balaban J connectivity index is 1.60. The molecule has 1 atom stereocenters. The lowest BCUT2D eigenvalue weighted by atomic mass is 10.1. The van der Waals surface area contributed by atoms with Crippen LogP contribution in [-0.4, -0.2) is 43.3 Å². The van der Waals surface area contributed by atoms with Gasteiger partial charge in [0, 0.05) is 12.3 Å². The summed E-state index contributed by atoms with van der Waals surface area (Å²) in [6, 6.07) is 6.57. The van der Waals surface area contributed by atoms with E-state index in [-0.39, 0.29) is 0 Å². The highest BCUT2D eigenvalue weighted by Crippen LogP contribution is 2.40. The Morgan fingerprint density at radius 3 is 2.79 bits per heavy atom. The van der Waals surface area contributed by atoms with Crippen LogP contribution in [0.4, 0.5) is 5.82 Å². The molecule has 0 unspecified atom stereocenters. The smallest absolute Gasteiger partial charge is 0.331 e. The molecule has 2 heterocycles. The van der Waals surface area contributed by atoms with E-state index in [9.17, 15) is 9.59 Å². The number of anilines is 1. The minimum absolute atomic E-state index is 0.307. The van der Waals surface area contributed by atoms with E-state index in [0.29, 0.717) is 46.9 Å². The van der Waals surface area contributed by atoms with Crippen molar-refractivity contribution in [3.63, 3.8) is 0 Å². The Hall–Kier alpha value is -3.26. The molecule has 1 aromatic heterocycles. The lowest BCUT2D eigenvalue weighted by molar-refractivity contribution is -0.148. The molecule has 1 N–H and O–H groups in total. The summed E-state index contributed by atoms with van der Waals surface area (Å²) in [5.41, 5.74) is 0.658. The number of carbonyl (C=O) groups excluding carboxylic acids is 2. The van der Waals surface area contributed by atoms with Crippen LogP contribution in [0.1, 0.15) is 12.5 Å². The summed E-state index contributed by atoms with van der Waals surface area (Å²) in [5, 5.41) is 2.99. The molecule has 152 valence electrons. The first-order chi connectivity index (χ1) is 14.0. The third kappa shape index (κ3) is 5.39. The van der Waals surface area contributed by atoms with E-state index in [0.717, 1.165) is 0 Å². The van der Waals surface area contributed by atoms with Crippen LogP contribution in [0.25, 0.3) is 6.08 Å². The second-order valence-corrected chi connectivity index (χ2v) is 6.45. The van der Waals surface area contributed by atoms with Gasteiger partial charge in [0.15, 0.2) is 17.6 Å². The zero-order valence-electron chi connectivity index (χ0n) is 15.8. The minimum atomic E-state index is -1.01. The van der Waals surface area contributed by atoms with Crippen LogP contribution < -0.4 is 19.5 Å². The van der Waals surface area contributed by atoms with E-state index >= 15 is 0 Å². The van der Waals surface area contributed by atoms with E-state index in [2.05, 4.69) is 10.3 Å². The van der Waals surface area contributed by atoms with Crippen LogP contribution in [0.15, 0.2) is 36.5 Å². The first kappa shape index (κ1) is 20.5. The molecule has 1 amide bonds. The lowest BCUT2D eigenvalue weighted by Gasteiger charge is -2.20. The third-order valence-corrected chi connectivity index (χ3v) is 4.13. The Labute approximate surface area is 172 Å². The van der Waals surface area contributed by atoms with Gasteiger partial charge in [-0.05, 0) is 42.8 Å². The molecule has 29 heavy (non-hydrogen) atoms. The molecule has 1 aliphatic heterocycles. The summed E-state index contributed by atoms with van der Waals surface area (Å²) in [5.74, 6) is 0.680. The number of nitrogens with zero attached hydrogens (tertiary/aromatic N) is 1. The Morgan fingerprint density at radius 1 is 1.28 bits per heavy atom. The number of hydrogen-bond donors (Lipinski definition) is 1. The quantitative estimate of drug-likeness (QED) is 0.568. The molecule has 0 bridgehead atoms. The molecule has 0 radical (unpaired) electrons. The standard InChI is InChI=1S/C20H19ClN2O6/c1-12(20(25)23-17-5-4-14(21)11-22-17)29-18(24)6-3-13-9-15(26-2)19-16(10-13)27-7-8-28-19/h3-6,9-12H,7-8H2,1-2H3,(H,22,23,25)/b6-3+/t12-/m0/s1. The number of pyridine rings is 1. The number of hydrogen-bond acceptors (Lipinski definition) is 7. The van der Waals surface area contributed by atoms with Crippen LogP contribution >= 0.6 is 11.6 Å². The molecule has 1 aliphatic rings. The van der Waals surface area contributed by atoms with E-state index in [1.54, 1.807) is 24.3 Å². The van der Waals surface area contributed by atoms with Crippen LogP contribution in [0.3, 0.4) is 0 Å². The molecule has 0 saturated heterocycles. The van der Waals surface area contributed by atoms with Gasteiger partial charge in [-0.3, -0.25) is 4.79 Å². The third-order valence-electron chi connectivity index (χ3n) is 3.90. The van der Waals surface area contributed by atoms with Gasteiger partial charge in [0.05, 0.1) is 12.1 Å². The van der Waals surface area contributed by atoms with E-state index in [1.807, 2.05) is 0 Å². The van der Waals surface area contributed by atoms with Gasteiger partial charge in [0.2, 0.25) is 5.75 Å². The molecule has 3 rings (SSSR count).